The normalized spacial score (nSPS) is 12.8. The third-order valence-corrected chi connectivity index (χ3v) is 8.17. The fourth-order valence-corrected chi connectivity index (χ4v) is 5.51. The summed E-state index contributed by atoms with van der Waals surface area (Å²) in [5.41, 5.74) is 0. The Bertz CT molecular complexity index is 413. The molecule has 0 bridgehead atoms. The van der Waals surface area contributed by atoms with Gasteiger partial charge in [0.2, 0.25) is 0 Å². The highest BCUT2D eigenvalue weighted by Gasteiger charge is 2.10. The van der Waals surface area contributed by atoms with Crippen LogP contribution in [0.1, 0.15) is 194 Å². The molecule has 0 aliphatic carbocycles. The van der Waals surface area contributed by atoms with Gasteiger partial charge in [-0.15, -0.1) is 0 Å². The van der Waals surface area contributed by atoms with Crippen LogP contribution in [0.3, 0.4) is 0 Å². The molecule has 0 spiro atoms. The van der Waals surface area contributed by atoms with Crippen molar-refractivity contribution in [3.05, 3.63) is 12.2 Å². The maximum absolute atomic E-state index is 2.49. The Hall–Kier alpha value is -0.300. The average molecular weight is 506 g/mol. The summed E-state index contributed by atoms with van der Waals surface area (Å²) in [7, 11) is 4.58. The summed E-state index contributed by atoms with van der Waals surface area (Å²) < 4.78 is 0. The fourth-order valence-electron chi connectivity index (χ4n) is 5.51. The fraction of sp³-hybridized carbons (Fsp3) is 0.943. The molecule has 0 rings (SSSR count). The van der Waals surface area contributed by atoms with Crippen molar-refractivity contribution in [2.45, 2.75) is 200 Å². The Morgan fingerprint density at radius 2 is 0.667 bits per heavy atom. The number of unbranched alkanes of at least 4 members (excludes halogenated alkanes) is 23. The lowest BCUT2D eigenvalue weighted by atomic mass is 9.99. The molecule has 0 aliphatic rings. The van der Waals surface area contributed by atoms with Gasteiger partial charge in [0.1, 0.15) is 0 Å². The van der Waals surface area contributed by atoms with Gasteiger partial charge in [0.15, 0.2) is 0 Å². The molecule has 0 N–H and O–H groups in total. The van der Waals surface area contributed by atoms with Crippen LogP contribution in [0.4, 0.5) is 0 Å². The summed E-state index contributed by atoms with van der Waals surface area (Å²) in [6.45, 7) is 4.60. The second-order valence-corrected chi connectivity index (χ2v) is 12.0. The standard InChI is InChI=1S/C35H71N/c1-5-7-9-11-13-14-15-16-17-18-19-20-21-22-23-24-25-26-28-30-32-34-35(36(3)4)33-31-29-27-12-10-8-6-2/h16-17,35H,5-15,18-34H2,1-4H3/b17-16-/t35-/m1/s1. The molecule has 0 aromatic carbocycles. The summed E-state index contributed by atoms with van der Waals surface area (Å²) in [6, 6.07) is 0.816. The van der Waals surface area contributed by atoms with E-state index in [0.29, 0.717) is 0 Å². The zero-order chi connectivity index (χ0) is 26.4. The van der Waals surface area contributed by atoms with Crippen molar-refractivity contribution in [1.82, 2.24) is 4.90 Å². The first-order chi connectivity index (χ1) is 17.7. The number of nitrogens with zero attached hydrogens (tertiary/aromatic N) is 1. The Labute approximate surface area is 230 Å². The number of allylic oxidation sites excluding steroid dienone is 2. The van der Waals surface area contributed by atoms with Gasteiger partial charge in [-0.25, -0.2) is 0 Å². The van der Waals surface area contributed by atoms with Crippen molar-refractivity contribution in [2.24, 2.45) is 0 Å². The van der Waals surface area contributed by atoms with E-state index in [1.807, 2.05) is 0 Å². The van der Waals surface area contributed by atoms with Gasteiger partial charge in [-0.3, -0.25) is 0 Å². The Balaban J connectivity index is 3.34. The van der Waals surface area contributed by atoms with Crippen LogP contribution < -0.4 is 0 Å². The van der Waals surface area contributed by atoms with Gasteiger partial charge in [-0.05, 0) is 52.6 Å². The first kappa shape index (κ1) is 35.7. The van der Waals surface area contributed by atoms with Gasteiger partial charge in [0, 0.05) is 6.04 Å². The van der Waals surface area contributed by atoms with E-state index in [1.165, 1.54) is 180 Å². The lowest BCUT2D eigenvalue weighted by Crippen LogP contribution is -2.27. The highest BCUT2D eigenvalue weighted by molar-refractivity contribution is 4.81. The topological polar surface area (TPSA) is 3.24 Å². The molecule has 216 valence electrons. The molecule has 0 heterocycles. The molecule has 0 unspecified atom stereocenters. The molecular weight excluding hydrogens is 434 g/mol. The maximum Gasteiger partial charge on any atom is 0.00891 e. The Morgan fingerprint density at radius 1 is 0.389 bits per heavy atom. The van der Waals surface area contributed by atoms with Crippen LogP contribution in [0, 0.1) is 0 Å². The van der Waals surface area contributed by atoms with Crippen LogP contribution >= 0.6 is 0 Å². The molecule has 0 saturated carbocycles. The van der Waals surface area contributed by atoms with Crippen molar-refractivity contribution in [1.29, 1.82) is 0 Å². The molecule has 1 nitrogen and oxygen atoms in total. The maximum atomic E-state index is 2.49. The van der Waals surface area contributed by atoms with E-state index < -0.39 is 0 Å². The number of rotatable bonds is 30. The Morgan fingerprint density at radius 3 is 0.972 bits per heavy atom. The van der Waals surface area contributed by atoms with Gasteiger partial charge in [-0.1, -0.05) is 167 Å². The van der Waals surface area contributed by atoms with Crippen molar-refractivity contribution < 1.29 is 0 Å². The van der Waals surface area contributed by atoms with E-state index in [9.17, 15) is 0 Å². The molecule has 1 heteroatoms. The van der Waals surface area contributed by atoms with E-state index >= 15 is 0 Å². The third-order valence-electron chi connectivity index (χ3n) is 8.17. The van der Waals surface area contributed by atoms with Crippen molar-refractivity contribution in [2.75, 3.05) is 14.1 Å². The molecule has 0 fully saturated rings. The van der Waals surface area contributed by atoms with Crippen LogP contribution in [-0.4, -0.2) is 25.0 Å². The van der Waals surface area contributed by atoms with Gasteiger partial charge >= 0.3 is 0 Å². The molecule has 0 aromatic rings. The highest BCUT2D eigenvalue weighted by atomic mass is 15.1. The largest absolute Gasteiger partial charge is 0.306 e. The average Bonchev–Trinajstić information content (AvgIpc) is 2.87. The first-order valence-electron chi connectivity index (χ1n) is 17.0. The summed E-state index contributed by atoms with van der Waals surface area (Å²) in [5, 5.41) is 0. The van der Waals surface area contributed by atoms with Gasteiger partial charge in [0.25, 0.3) is 0 Å². The van der Waals surface area contributed by atoms with Gasteiger partial charge < -0.3 is 4.90 Å². The van der Waals surface area contributed by atoms with Crippen LogP contribution in [0.25, 0.3) is 0 Å². The molecule has 0 aliphatic heterocycles. The minimum absolute atomic E-state index is 0.816. The summed E-state index contributed by atoms with van der Waals surface area (Å²) >= 11 is 0. The molecule has 1 atom stereocenters. The van der Waals surface area contributed by atoms with Crippen molar-refractivity contribution in [3.8, 4) is 0 Å². The molecule has 0 saturated heterocycles. The SMILES string of the molecule is CCCCCCCC/C=C\CCCCCCCCCCCCC[C@@H](CCCCCCCCC)N(C)C. The van der Waals surface area contributed by atoms with E-state index in [1.54, 1.807) is 0 Å². The van der Waals surface area contributed by atoms with Crippen molar-refractivity contribution >= 4 is 0 Å². The molecule has 36 heavy (non-hydrogen) atoms. The summed E-state index contributed by atoms with van der Waals surface area (Å²) in [6.07, 6.45) is 44.8. The molecule has 0 radical (unpaired) electrons. The summed E-state index contributed by atoms with van der Waals surface area (Å²) in [4.78, 5) is 2.49. The lowest BCUT2D eigenvalue weighted by molar-refractivity contribution is 0.251. The monoisotopic (exact) mass is 506 g/mol. The highest BCUT2D eigenvalue weighted by Crippen LogP contribution is 2.18. The van der Waals surface area contributed by atoms with E-state index in [2.05, 4.69) is 45.0 Å². The van der Waals surface area contributed by atoms with Gasteiger partial charge in [-0.2, -0.15) is 0 Å². The molecular formula is C35H71N. The van der Waals surface area contributed by atoms with Crippen LogP contribution in [0.5, 0.6) is 0 Å². The summed E-state index contributed by atoms with van der Waals surface area (Å²) in [5.74, 6) is 0. The molecule has 0 aromatic heterocycles. The van der Waals surface area contributed by atoms with Crippen LogP contribution in [-0.2, 0) is 0 Å². The predicted molar refractivity (Wildman–Crippen MR) is 167 cm³/mol. The number of hydrogen-bond donors (Lipinski definition) is 0. The Kier molecular flexibility index (Phi) is 30.7. The van der Waals surface area contributed by atoms with Crippen molar-refractivity contribution in [3.63, 3.8) is 0 Å². The minimum atomic E-state index is 0.816. The van der Waals surface area contributed by atoms with Crippen LogP contribution in [0.2, 0.25) is 0 Å². The van der Waals surface area contributed by atoms with E-state index in [0.717, 1.165) is 6.04 Å². The first-order valence-corrected chi connectivity index (χ1v) is 17.0. The predicted octanol–water partition coefficient (Wildman–Crippen LogP) is 12.4. The van der Waals surface area contributed by atoms with Gasteiger partial charge in [0.05, 0.1) is 0 Å². The zero-order valence-corrected chi connectivity index (χ0v) is 26.0. The third kappa shape index (κ3) is 28.3. The lowest BCUT2D eigenvalue weighted by Gasteiger charge is -2.24. The van der Waals surface area contributed by atoms with Crippen LogP contribution in [0.15, 0.2) is 12.2 Å². The quantitative estimate of drug-likeness (QED) is 0.0692. The number of hydrogen-bond acceptors (Lipinski definition) is 1. The minimum Gasteiger partial charge on any atom is -0.306 e. The smallest absolute Gasteiger partial charge is 0.00891 e. The zero-order valence-electron chi connectivity index (χ0n) is 26.0. The molecule has 0 amide bonds. The second kappa shape index (κ2) is 30.9. The van der Waals surface area contributed by atoms with E-state index in [4.69, 9.17) is 0 Å². The van der Waals surface area contributed by atoms with E-state index in [-0.39, 0.29) is 0 Å². The second-order valence-electron chi connectivity index (χ2n) is 12.0.